The van der Waals surface area contributed by atoms with E-state index in [-0.39, 0.29) is 72.1 Å². The van der Waals surface area contributed by atoms with Crippen LogP contribution in [0.4, 0.5) is 0 Å². The van der Waals surface area contributed by atoms with Crippen LogP contribution < -0.4 is 0 Å². The van der Waals surface area contributed by atoms with E-state index < -0.39 is 0 Å². The van der Waals surface area contributed by atoms with E-state index in [9.17, 15) is 0 Å². The maximum atomic E-state index is 0. The predicted molar refractivity (Wildman–Crippen MR) is 3.43 cm³/mol. The summed E-state index contributed by atoms with van der Waals surface area (Å²) in [6.45, 7) is 0. The van der Waals surface area contributed by atoms with Crippen molar-refractivity contribution in [3.05, 3.63) is 0 Å². The van der Waals surface area contributed by atoms with Gasteiger partial charge in [-0.3, -0.25) is 0 Å². The van der Waals surface area contributed by atoms with Gasteiger partial charge in [0.25, 0.3) is 0 Å². The van der Waals surface area contributed by atoms with Gasteiger partial charge in [-0.25, -0.2) is 0 Å². The van der Waals surface area contributed by atoms with Crippen LogP contribution in [0.2, 0.25) is 0 Å². The van der Waals surface area contributed by atoms with E-state index in [0.29, 0.717) is 0 Å². The summed E-state index contributed by atoms with van der Waals surface area (Å²) in [6, 6.07) is 0. The van der Waals surface area contributed by atoms with Crippen molar-refractivity contribution >= 4 is 0 Å². The normalized spacial score (nSPS) is 0. The Bertz CT molecular complexity index is 6.04. The minimum atomic E-state index is 0. The maximum Gasteiger partial charge on any atom is 5.00 e. The summed E-state index contributed by atoms with van der Waals surface area (Å²) in [7, 11) is 0. The first-order valence-electron chi connectivity index (χ1n) is 0. The summed E-state index contributed by atoms with van der Waals surface area (Å²) in [4.78, 5) is 0. The van der Waals surface area contributed by atoms with Gasteiger partial charge in [-0.1, -0.05) is 0 Å². The van der Waals surface area contributed by atoms with Gasteiger partial charge >= 0.3 is 44.8 Å². The summed E-state index contributed by atoms with van der Waals surface area (Å²) in [5, 5.41) is 0. The van der Waals surface area contributed by atoms with Crippen molar-refractivity contribution in [1.29, 1.82) is 0 Å². The van der Waals surface area contributed by atoms with Gasteiger partial charge < -0.3 is 27.4 Å². The van der Waals surface area contributed by atoms with Gasteiger partial charge in [0.15, 0.2) is 0 Å². The molecule has 0 aliphatic rings. The van der Waals surface area contributed by atoms with E-state index in [4.69, 9.17) is 0 Å². The van der Waals surface area contributed by atoms with Crippen LogP contribution in [0.5, 0.6) is 0 Å². The second kappa shape index (κ2) is 175. The molecule has 0 rings (SSSR count). The molecule has 40 valence electrons. The third-order valence-electron chi connectivity index (χ3n) is 0. The average Bonchev–Trinajstić information content (AvgIpc) is 0. The van der Waals surface area contributed by atoms with E-state index >= 15 is 0 Å². The quantitative estimate of drug-likeness (QED) is 0.516. The molecule has 0 aromatic heterocycles. The topological polar surface area (TPSA) is 142 Å². The first kappa shape index (κ1) is 268. The molecule has 0 heterocycles. The molecule has 7 heteroatoms. The maximum absolute atomic E-state index is 0. The zero-order chi connectivity index (χ0) is 0. The standard InChI is InChI=1S/2Nb.5O/q2*+5;5*-2. The Labute approximate surface area is 72.0 Å². The first-order chi connectivity index (χ1) is 0. The fourth-order valence-corrected chi connectivity index (χ4v) is 0. The molecule has 0 unspecified atom stereocenters. The van der Waals surface area contributed by atoms with Gasteiger partial charge in [0.05, 0.1) is 0 Å². The Balaban J connectivity index is 0. The molecule has 0 bridgehead atoms. The summed E-state index contributed by atoms with van der Waals surface area (Å²) < 4.78 is 0. The van der Waals surface area contributed by atoms with Crippen LogP contribution in [-0.2, 0) is 72.1 Å². The molecule has 0 saturated carbocycles. The van der Waals surface area contributed by atoms with Crippen molar-refractivity contribution in [3.63, 3.8) is 0 Å². The van der Waals surface area contributed by atoms with Crippen LogP contribution >= 0.6 is 0 Å². The van der Waals surface area contributed by atoms with E-state index in [1.54, 1.807) is 0 Å². The molecule has 7 heavy (non-hydrogen) atoms. The van der Waals surface area contributed by atoms with Crippen molar-refractivity contribution in [2.45, 2.75) is 0 Å². The smallest absolute Gasteiger partial charge is 2.00 e. The van der Waals surface area contributed by atoms with Crippen molar-refractivity contribution < 1.29 is 72.1 Å². The minimum Gasteiger partial charge on any atom is -2.00 e. The molecule has 0 fully saturated rings. The Morgan fingerprint density at radius 2 is 0.286 bits per heavy atom. The zero-order valence-corrected chi connectivity index (χ0v) is 7.33. The van der Waals surface area contributed by atoms with Crippen molar-refractivity contribution in [1.82, 2.24) is 0 Å². The fraction of sp³-hybridized carbons (Fsp3) is 0. The van der Waals surface area contributed by atoms with Gasteiger partial charge in [0.2, 0.25) is 0 Å². The van der Waals surface area contributed by atoms with Crippen LogP contribution in [0.25, 0.3) is 0 Å². The van der Waals surface area contributed by atoms with E-state index in [1.165, 1.54) is 0 Å². The zero-order valence-electron chi connectivity index (χ0n) is 2.94. The Morgan fingerprint density at radius 3 is 0.286 bits per heavy atom. The molecule has 0 radical (unpaired) electrons. The third-order valence-corrected chi connectivity index (χ3v) is 0. The Morgan fingerprint density at radius 1 is 0.286 bits per heavy atom. The predicted octanol–water partition coefficient (Wildman–Crippen LogP) is -0.599. The van der Waals surface area contributed by atoms with Crippen LogP contribution in [0, 0.1) is 0 Å². The Hall–Kier alpha value is 1.28. The van der Waals surface area contributed by atoms with E-state index in [2.05, 4.69) is 0 Å². The number of rotatable bonds is 0. The van der Waals surface area contributed by atoms with Crippen LogP contribution in [0.15, 0.2) is 0 Å². The van der Waals surface area contributed by atoms with Crippen molar-refractivity contribution in [2.24, 2.45) is 0 Å². The molecular weight excluding hydrogens is 266 g/mol. The van der Waals surface area contributed by atoms with Crippen LogP contribution in [0.3, 0.4) is 0 Å². The third kappa shape index (κ3) is 124. The first-order valence-corrected chi connectivity index (χ1v) is 0. The van der Waals surface area contributed by atoms with Gasteiger partial charge in [0.1, 0.15) is 0 Å². The monoisotopic (exact) mass is 266 g/mol. The molecule has 0 atom stereocenters. The summed E-state index contributed by atoms with van der Waals surface area (Å²) in [5.74, 6) is 0. The van der Waals surface area contributed by atoms with Gasteiger partial charge in [-0.15, -0.1) is 0 Å². The van der Waals surface area contributed by atoms with E-state index in [1.807, 2.05) is 0 Å². The second-order valence-electron chi connectivity index (χ2n) is 0. The molecule has 5 nitrogen and oxygen atoms in total. The van der Waals surface area contributed by atoms with Gasteiger partial charge in [0, 0.05) is 0 Å². The molecule has 0 aromatic rings. The Kier molecular flexibility index (Phi) is 6700. The molecule has 0 N–H and O–H groups in total. The summed E-state index contributed by atoms with van der Waals surface area (Å²) in [6.07, 6.45) is 0. The van der Waals surface area contributed by atoms with E-state index in [0.717, 1.165) is 0 Å². The number of hydrogen-bond acceptors (Lipinski definition) is 0. The van der Waals surface area contributed by atoms with Crippen molar-refractivity contribution in [2.75, 3.05) is 0 Å². The largest absolute Gasteiger partial charge is 5.00 e. The minimum absolute atomic E-state index is 0. The van der Waals surface area contributed by atoms with Crippen LogP contribution in [0.1, 0.15) is 0 Å². The molecule has 0 aliphatic carbocycles. The molecule has 0 aromatic carbocycles. The molecule has 0 spiro atoms. The SMILES string of the molecule is [Nb+5].[Nb+5].[O-2].[O-2].[O-2].[O-2].[O-2]. The van der Waals surface area contributed by atoms with Crippen molar-refractivity contribution in [3.8, 4) is 0 Å². The number of hydrogen-bond donors (Lipinski definition) is 0. The van der Waals surface area contributed by atoms with Crippen LogP contribution in [-0.4, -0.2) is 0 Å². The molecular formula is Nb2O5. The second-order valence-corrected chi connectivity index (χ2v) is 0. The molecule has 0 saturated heterocycles. The molecule has 0 amide bonds. The average molecular weight is 266 g/mol. The summed E-state index contributed by atoms with van der Waals surface area (Å²) >= 11 is 0. The van der Waals surface area contributed by atoms with Gasteiger partial charge in [-0.2, -0.15) is 0 Å². The molecule has 0 aliphatic heterocycles. The summed E-state index contributed by atoms with van der Waals surface area (Å²) in [5.41, 5.74) is 0. The van der Waals surface area contributed by atoms with Gasteiger partial charge in [-0.05, 0) is 0 Å². The fourth-order valence-electron chi connectivity index (χ4n) is 0.